The second-order valence-electron chi connectivity index (χ2n) is 6.86. The average molecular weight is 350 g/mol. The van der Waals surface area contributed by atoms with E-state index in [9.17, 15) is 9.59 Å². The molecule has 134 valence electrons. The zero-order valence-electron chi connectivity index (χ0n) is 15.7. The van der Waals surface area contributed by atoms with Crippen LogP contribution >= 0.6 is 0 Å². The molecule has 0 N–H and O–H groups in total. The molecule has 3 aromatic rings. The number of nitrogens with zero attached hydrogens (tertiary/aromatic N) is 2. The number of aryl methyl sites for hydroxylation is 3. The third-order valence-electron chi connectivity index (χ3n) is 4.31. The summed E-state index contributed by atoms with van der Waals surface area (Å²) >= 11 is 0. The molecule has 5 nitrogen and oxygen atoms in total. The van der Waals surface area contributed by atoms with E-state index in [0.29, 0.717) is 16.5 Å². The van der Waals surface area contributed by atoms with E-state index in [1.165, 1.54) is 4.68 Å². The molecular formula is C21H22N2O3. The number of ether oxygens (including phenoxy) is 1. The summed E-state index contributed by atoms with van der Waals surface area (Å²) in [4.78, 5) is 25.5. The zero-order valence-corrected chi connectivity index (χ0v) is 15.7. The average Bonchev–Trinajstić information content (AvgIpc) is 2.58. The van der Waals surface area contributed by atoms with Crippen LogP contribution in [0.25, 0.3) is 10.8 Å². The minimum Gasteiger partial charge on any atom is -0.421 e. The molecule has 0 spiro atoms. The fourth-order valence-corrected chi connectivity index (χ4v) is 3.18. The minimum atomic E-state index is -0.564. The lowest BCUT2D eigenvalue weighted by Crippen LogP contribution is -2.28. The molecule has 0 bridgehead atoms. The molecule has 0 saturated heterocycles. The zero-order chi connectivity index (χ0) is 19.0. The fourth-order valence-electron chi connectivity index (χ4n) is 3.18. The molecule has 3 rings (SSSR count). The predicted octanol–water partition coefficient (Wildman–Crippen LogP) is 4.12. The van der Waals surface area contributed by atoms with Gasteiger partial charge in [0, 0.05) is 5.39 Å². The summed E-state index contributed by atoms with van der Waals surface area (Å²) in [6.45, 7) is 9.52. The first-order chi connectivity index (χ1) is 12.3. The van der Waals surface area contributed by atoms with E-state index < -0.39 is 5.97 Å². The maximum atomic E-state index is 12.9. The number of aromatic nitrogens is 2. The smallest absolute Gasteiger partial charge is 0.364 e. The van der Waals surface area contributed by atoms with Crippen molar-refractivity contribution < 1.29 is 9.53 Å². The van der Waals surface area contributed by atoms with Crippen molar-refractivity contribution in [2.45, 2.75) is 40.7 Å². The number of esters is 1. The summed E-state index contributed by atoms with van der Waals surface area (Å²) in [7, 11) is 0. The quantitative estimate of drug-likeness (QED) is 0.526. The van der Waals surface area contributed by atoms with Gasteiger partial charge >= 0.3 is 5.97 Å². The van der Waals surface area contributed by atoms with Gasteiger partial charge in [0.1, 0.15) is 5.75 Å². The highest BCUT2D eigenvalue weighted by Gasteiger charge is 2.21. The Labute approximate surface area is 152 Å². The lowest BCUT2D eigenvalue weighted by Gasteiger charge is -2.15. The Balaban J connectivity index is 2.15. The first-order valence-corrected chi connectivity index (χ1v) is 8.61. The van der Waals surface area contributed by atoms with Crippen LogP contribution in [-0.2, 0) is 0 Å². The first-order valence-electron chi connectivity index (χ1n) is 8.61. The SMILES string of the molecule is Cc1cc(C)c(OC(=O)c2nn(C(C)C)c(=O)c3ccccc23)c(C)c1. The molecule has 0 aliphatic carbocycles. The Morgan fingerprint density at radius 3 is 2.19 bits per heavy atom. The number of hydrogen-bond donors (Lipinski definition) is 0. The van der Waals surface area contributed by atoms with Crippen LogP contribution in [-0.4, -0.2) is 15.7 Å². The van der Waals surface area contributed by atoms with Gasteiger partial charge in [-0.2, -0.15) is 5.10 Å². The molecule has 0 aliphatic heterocycles. The number of benzene rings is 2. The second kappa shape index (κ2) is 6.75. The van der Waals surface area contributed by atoms with Crippen LogP contribution in [0.4, 0.5) is 0 Å². The van der Waals surface area contributed by atoms with E-state index in [1.807, 2.05) is 46.8 Å². The van der Waals surface area contributed by atoms with Crippen molar-refractivity contribution in [3.63, 3.8) is 0 Å². The number of carbonyl (C=O) groups excluding carboxylic acids is 1. The van der Waals surface area contributed by atoms with Crippen molar-refractivity contribution in [2.75, 3.05) is 0 Å². The summed E-state index contributed by atoms with van der Waals surface area (Å²) < 4.78 is 7.01. The molecule has 2 aromatic carbocycles. The Morgan fingerprint density at radius 2 is 1.62 bits per heavy atom. The van der Waals surface area contributed by atoms with E-state index in [4.69, 9.17) is 4.74 Å². The molecule has 0 saturated carbocycles. The van der Waals surface area contributed by atoms with E-state index in [1.54, 1.807) is 24.3 Å². The number of hydrogen-bond acceptors (Lipinski definition) is 4. The second-order valence-corrected chi connectivity index (χ2v) is 6.86. The first kappa shape index (κ1) is 17.9. The van der Waals surface area contributed by atoms with Crippen molar-refractivity contribution in [1.29, 1.82) is 0 Å². The molecule has 26 heavy (non-hydrogen) atoms. The van der Waals surface area contributed by atoms with Crippen molar-refractivity contribution >= 4 is 16.7 Å². The molecule has 0 radical (unpaired) electrons. The topological polar surface area (TPSA) is 61.2 Å². The largest absolute Gasteiger partial charge is 0.421 e. The number of rotatable bonds is 3. The van der Waals surface area contributed by atoms with E-state index in [0.717, 1.165) is 16.7 Å². The lowest BCUT2D eigenvalue weighted by atomic mass is 10.1. The van der Waals surface area contributed by atoms with Crippen molar-refractivity contribution in [3.8, 4) is 5.75 Å². The normalized spacial score (nSPS) is 11.2. The molecule has 5 heteroatoms. The van der Waals surface area contributed by atoms with Crippen molar-refractivity contribution in [3.05, 3.63) is 69.1 Å². The maximum Gasteiger partial charge on any atom is 0.364 e. The third-order valence-corrected chi connectivity index (χ3v) is 4.31. The summed E-state index contributed by atoms with van der Waals surface area (Å²) in [6.07, 6.45) is 0. The molecule has 0 amide bonds. The van der Waals surface area contributed by atoms with E-state index in [2.05, 4.69) is 5.10 Å². The molecule has 1 heterocycles. The molecule has 0 aliphatic rings. The van der Waals surface area contributed by atoms with Gasteiger partial charge in [0.15, 0.2) is 5.69 Å². The molecule has 0 atom stereocenters. The number of fused-ring (bicyclic) bond motifs is 1. The number of carbonyl (C=O) groups is 1. The highest BCUT2D eigenvalue weighted by molar-refractivity contribution is 6.03. The van der Waals surface area contributed by atoms with Gasteiger partial charge in [0.2, 0.25) is 0 Å². The predicted molar refractivity (Wildman–Crippen MR) is 102 cm³/mol. The highest BCUT2D eigenvalue weighted by atomic mass is 16.5. The summed E-state index contributed by atoms with van der Waals surface area (Å²) in [5.74, 6) is -0.0283. The monoisotopic (exact) mass is 350 g/mol. The third kappa shape index (κ3) is 3.12. The molecule has 1 aromatic heterocycles. The van der Waals surface area contributed by atoms with Crippen LogP contribution in [0, 0.1) is 20.8 Å². The summed E-state index contributed by atoms with van der Waals surface area (Å²) in [5.41, 5.74) is 2.81. The Hall–Kier alpha value is -2.95. The highest BCUT2D eigenvalue weighted by Crippen LogP contribution is 2.26. The van der Waals surface area contributed by atoms with E-state index in [-0.39, 0.29) is 17.3 Å². The van der Waals surface area contributed by atoms with Gasteiger partial charge in [-0.1, -0.05) is 35.9 Å². The van der Waals surface area contributed by atoms with Gasteiger partial charge in [-0.15, -0.1) is 0 Å². The van der Waals surface area contributed by atoms with Crippen molar-refractivity contribution in [2.24, 2.45) is 0 Å². The molecular weight excluding hydrogens is 328 g/mol. The molecule has 0 fully saturated rings. The van der Waals surface area contributed by atoms with Gasteiger partial charge in [-0.3, -0.25) is 4.79 Å². The van der Waals surface area contributed by atoms with Gasteiger partial charge in [-0.05, 0) is 51.8 Å². The Kier molecular flexibility index (Phi) is 4.64. The standard InChI is InChI=1S/C21H22N2O3/c1-12(2)23-20(24)17-9-7-6-8-16(17)18(22-23)21(25)26-19-14(4)10-13(3)11-15(19)5/h6-12H,1-5H3. The van der Waals surface area contributed by atoms with Crippen LogP contribution in [0.3, 0.4) is 0 Å². The van der Waals surface area contributed by atoms with Crippen LogP contribution in [0.5, 0.6) is 5.75 Å². The fraction of sp³-hybridized carbons (Fsp3) is 0.286. The summed E-state index contributed by atoms with van der Waals surface area (Å²) in [6, 6.07) is 10.8. The minimum absolute atomic E-state index is 0.147. The Bertz CT molecular complexity index is 1040. The lowest BCUT2D eigenvalue weighted by molar-refractivity contribution is 0.0725. The van der Waals surface area contributed by atoms with Crippen LogP contribution in [0.2, 0.25) is 0 Å². The molecule has 0 unspecified atom stereocenters. The summed E-state index contributed by atoms with van der Waals surface area (Å²) in [5, 5.41) is 5.26. The maximum absolute atomic E-state index is 12.9. The van der Waals surface area contributed by atoms with Crippen LogP contribution in [0.1, 0.15) is 47.1 Å². The van der Waals surface area contributed by atoms with Crippen LogP contribution in [0.15, 0.2) is 41.2 Å². The van der Waals surface area contributed by atoms with Gasteiger partial charge in [-0.25, -0.2) is 9.48 Å². The van der Waals surface area contributed by atoms with Gasteiger partial charge in [0.05, 0.1) is 11.4 Å². The van der Waals surface area contributed by atoms with Crippen molar-refractivity contribution in [1.82, 2.24) is 9.78 Å². The van der Waals surface area contributed by atoms with Gasteiger partial charge < -0.3 is 4.74 Å². The van der Waals surface area contributed by atoms with Crippen LogP contribution < -0.4 is 10.3 Å². The van der Waals surface area contributed by atoms with Gasteiger partial charge in [0.25, 0.3) is 5.56 Å². The Morgan fingerprint density at radius 1 is 1.04 bits per heavy atom. The van der Waals surface area contributed by atoms with E-state index >= 15 is 0 Å².